The molecule has 0 saturated carbocycles. The van der Waals surface area contributed by atoms with Gasteiger partial charge in [-0.1, -0.05) is 56.6 Å². The Morgan fingerprint density at radius 2 is 1.56 bits per heavy atom. The Balaban J connectivity index is 2.67. The molecule has 16 heavy (non-hydrogen) atoms. The van der Waals surface area contributed by atoms with Gasteiger partial charge in [0.2, 0.25) is 0 Å². The average molecular weight is 281 g/mol. The highest BCUT2D eigenvalue weighted by Gasteiger charge is 2.42. The second-order valence-corrected chi connectivity index (χ2v) is 7.14. The first-order valence-corrected chi connectivity index (χ1v) is 6.90. The Bertz CT molecular complexity index is 427. The maximum Gasteiger partial charge on any atom is 0.0210 e. The first kappa shape index (κ1) is 12.2. The van der Waals surface area contributed by atoms with E-state index in [-0.39, 0.29) is 0 Å². The van der Waals surface area contributed by atoms with Gasteiger partial charge in [0.25, 0.3) is 0 Å². The predicted molar refractivity (Wildman–Crippen MR) is 74.2 cm³/mol. The summed E-state index contributed by atoms with van der Waals surface area (Å²) in [6.07, 6.45) is 2.35. The monoisotopic (exact) mass is 280 g/mol. The van der Waals surface area contributed by atoms with Crippen LogP contribution in [0, 0.1) is 0 Å². The molecule has 0 aliphatic heterocycles. The van der Waals surface area contributed by atoms with Crippen molar-refractivity contribution in [3.63, 3.8) is 0 Å². The number of fused-ring (bicyclic) bond motifs is 1. The minimum Gasteiger partial charge on any atom is -0.0613 e. The van der Waals surface area contributed by atoms with Gasteiger partial charge in [0.15, 0.2) is 0 Å². The first-order valence-electron chi connectivity index (χ1n) is 6.11. The van der Waals surface area contributed by atoms with Crippen LogP contribution in [0.5, 0.6) is 0 Å². The Hall–Kier alpha value is -0.300. The van der Waals surface area contributed by atoms with E-state index >= 15 is 0 Å². The van der Waals surface area contributed by atoms with Crippen LogP contribution in [0.1, 0.15) is 57.7 Å². The molecule has 1 aliphatic rings. The summed E-state index contributed by atoms with van der Waals surface area (Å²) in [5.41, 5.74) is 5.15. The minimum absolute atomic E-state index is 0.313. The van der Waals surface area contributed by atoms with E-state index in [1.165, 1.54) is 22.0 Å². The van der Waals surface area contributed by atoms with Crippen molar-refractivity contribution in [3.8, 4) is 0 Å². The topological polar surface area (TPSA) is 0 Å². The lowest BCUT2D eigenvalue weighted by Crippen LogP contribution is -2.17. The van der Waals surface area contributed by atoms with E-state index < -0.39 is 0 Å². The molecule has 1 aromatic carbocycles. The lowest BCUT2D eigenvalue weighted by atomic mass is 9.82. The summed E-state index contributed by atoms with van der Waals surface area (Å²) in [5, 5.41) is 0. The van der Waals surface area contributed by atoms with Gasteiger partial charge >= 0.3 is 0 Å². The van der Waals surface area contributed by atoms with Crippen LogP contribution >= 0.6 is 15.9 Å². The molecule has 0 radical (unpaired) electrons. The Kier molecular flexibility index (Phi) is 2.73. The summed E-state index contributed by atoms with van der Waals surface area (Å²) >= 11 is 3.70. The highest BCUT2D eigenvalue weighted by Crippen LogP contribution is 2.50. The second kappa shape index (κ2) is 3.60. The fourth-order valence-corrected chi connectivity index (χ4v) is 3.93. The smallest absolute Gasteiger partial charge is 0.0210 e. The molecule has 0 unspecified atom stereocenters. The molecule has 1 aromatic rings. The minimum atomic E-state index is 0.313. The molecule has 0 spiro atoms. The zero-order valence-corrected chi connectivity index (χ0v) is 12.5. The molecule has 0 aromatic heterocycles. The number of rotatable bonds is 1. The lowest BCUT2D eigenvalue weighted by molar-refractivity contribution is 0.403. The summed E-state index contributed by atoms with van der Waals surface area (Å²) < 4.78 is 1.28. The van der Waals surface area contributed by atoms with Gasteiger partial charge in [-0.15, -0.1) is 0 Å². The van der Waals surface area contributed by atoms with Gasteiger partial charge in [-0.2, -0.15) is 0 Å². The standard InChI is InChI=1S/C15H21Br/c1-6-10-7-11-12(8-13(10)16)15(4,5)9-14(11,2)3/h7-8H,6,9H2,1-5H3. The Labute approximate surface area is 108 Å². The van der Waals surface area contributed by atoms with Crippen LogP contribution < -0.4 is 0 Å². The predicted octanol–water partition coefficient (Wildman–Crippen LogP) is 4.97. The highest BCUT2D eigenvalue weighted by atomic mass is 79.9. The summed E-state index contributed by atoms with van der Waals surface area (Å²) in [6, 6.07) is 4.76. The van der Waals surface area contributed by atoms with Gasteiger partial charge in [0.05, 0.1) is 0 Å². The molecule has 0 saturated heterocycles. The van der Waals surface area contributed by atoms with Crippen LogP contribution in [-0.2, 0) is 17.3 Å². The normalized spacial score (nSPS) is 20.9. The SMILES string of the molecule is CCc1cc2c(cc1Br)C(C)(C)CC2(C)C. The van der Waals surface area contributed by atoms with Gasteiger partial charge in [-0.05, 0) is 46.4 Å². The first-order chi connectivity index (χ1) is 7.28. The van der Waals surface area contributed by atoms with Crippen molar-refractivity contribution < 1.29 is 0 Å². The van der Waals surface area contributed by atoms with Crippen molar-refractivity contribution in [1.82, 2.24) is 0 Å². The number of hydrogen-bond donors (Lipinski definition) is 0. The molecule has 2 rings (SSSR count). The van der Waals surface area contributed by atoms with E-state index in [0.29, 0.717) is 10.8 Å². The van der Waals surface area contributed by atoms with Gasteiger partial charge in [0.1, 0.15) is 0 Å². The molecule has 1 aliphatic carbocycles. The molecule has 0 N–H and O–H groups in total. The number of benzene rings is 1. The average Bonchev–Trinajstić information content (AvgIpc) is 2.31. The Morgan fingerprint density at radius 1 is 1.06 bits per heavy atom. The largest absolute Gasteiger partial charge is 0.0613 e. The van der Waals surface area contributed by atoms with E-state index in [0.717, 1.165) is 6.42 Å². The summed E-state index contributed by atoms with van der Waals surface area (Å²) in [7, 11) is 0. The van der Waals surface area contributed by atoms with Crippen molar-refractivity contribution in [2.45, 2.75) is 58.3 Å². The summed E-state index contributed by atoms with van der Waals surface area (Å²) in [4.78, 5) is 0. The van der Waals surface area contributed by atoms with Crippen LogP contribution in [0.15, 0.2) is 16.6 Å². The molecule has 0 nitrogen and oxygen atoms in total. The second-order valence-electron chi connectivity index (χ2n) is 6.29. The summed E-state index contributed by atoms with van der Waals surface area (Å²) in [5.74, 6) is 0. The molecular formula is C15H21Br. The number of aryl methyl sites for hydroxylation is 1. The van der Waals surface area contributed by atoms with Crippen molar-refractivity contribution >= 4 is 15.9 Å². The third-order valence-electron chi connectivity index (χ3n) is 3.91. The van der Waals surface area contributed by atoms with Crippen LogP contribution in [0.25, 0.3) is 0 Å². The zero-order valence-electron chi connectivity index (χ0n) is 10.9. The van der Waals surface area contributed by atoms with Crippen molar-refractivity contribution in [2.75, 3.05) is 0 Å². The molecule has 0 atom stereocenters. The molecular weight excluding hydrogens is 260 g/mol. The van der Waals surface area contributed by atoms with Gasteiger partial charge in [-0.3, -0.25) is 0 Å². The maximum absolute atomic E-state index is 3.70. The fourth-order valence-electron chi connectivity index (χ4n) is 3.30. The lowest BCUT2D eigenvalue weighted by Gasteiger charge is -2.22. The van der Waals surface area contributed by atoms with E-state index in [1.807, 2.05) is 0 Å². The Morgan fingerprint density at radius 3 is 2.06 bits per heavy atom. The molecule has 0 fully saturated rings. The molecule has 0 amide bonds. The van der Waals surface area contributed by atoms with E-state index in [9.17, 15) is 0 Å². The van der Waals surface area contributed by atoms with Gasteiger partial charge in [-0.25, -0.2) is 0 Å². The van der Waals surface area contributed by atoms with E-state index in [1.54, 1.807) is 5.56 Å². The molecule has 88 valence electrons. The van der Waals surface area contributed by atoms with Crippen molar-refractivity contribution in [3.05, 3.63) is 33.3 Å². The van der Waals surface area contributed by atoms with Gasteiger partial charge in [0, 0.05) is 4.47 Å². The summed E-state index contributed by atoms with van der Waals surface area (Å²) in [6.45, 7) is 11.7. The third kappa shape index (κ3) is 1.73. The van der Waals surface area contributed by atoms with Crippen LogP contribution in [0.2, 0.25) is 0 Å². The number of halogens is 1. The number of hydrogen-bond acceptors (Lipinski definition) is 0. The maximum atomic E-state index is 3.70. The highest BCUT2D eigenvalue weighted by molar-refractivity contribution is 9.10. The molecule has 0 heterocycles. The third-order valence-corrected chi connectivity index (χ3v) is 4.65. The van der Waals surface area contributed by atoms with Crippen molar-refractivity contribution in [2.24, 2.45) is 0 Å². The zero-order chi connectivity index (χ0) is 12.1. The fraction of sp³-hybridized carbons (Fsp3) is 0.600. The van der Waals surface area contributed by atoms with Gasteiger partial charge < -0.3 is 0 Å². The van der Waals surface area contributed by atoms with Crippen LogP contribution in [0.3, 0.4) is 0 Å². The molecule has 0 bridgehead atoms. The quantitative estimate of drug-likeness (QED) is 0.681. The van der Waals surface area contributed by atoms with E-state index in [4.69, 9.17) is 0 Å². The molecule has 1 heteroatoms. The van der Waals surface area contributed by atoms with Crippen LogP contribution in [0.4, 0.5) is 0 Å². The van der Waals surface area contributed by atoms with Crippen molar-refractivity contribution in [1.29, 1.82) is 0 Å². The van der Waals surface area contributed by atoms with Crippen LogP contribution in [-0.4, -0.2) is 0 Å². The van der Waals surface area contributed by atoms with E-state index in [2.05, 4.69) is 62.7 Å².